The summed E-state index contributed by atoms with van der Waals surface area (Å²) >= 11 is 3.40. The van der Waals surface area contributed by atoms with Gasteiger partial charge >= 0.3 is 7.60 Å². The Morgan fingerprint density at radius 2 is 1.73 bits per heavy atom. The molecule has 0 aromatic heterocycles. The van der Waals surface area contributed by atoms with Crippen molar-refractivity contribution in [1.82, 2.24) is 5.32 Å². The second-order valence-corrected chi connectivity index (χ2v) is 8.26. The Kier molecular flexibility index (Phi) is 5.83. The third-order valence-corrected chi connectivity index (χ3v) is 6.73. The van der Waals surface area contributed by atoms with E-state index in [1.54, 1.807) is 13.8 Å². The van der Waals surface area contributed by atoms with Crippen molar-refractivity contribution in [2.24, 2.45) is 0 Å². The number of nitrogens with one attached hydrogen (secondary N) is 1. The minimum atomic E-state index is -3.52. The topological polar surface area (TPSA) is 64.6 Å². The lowest BCUT2D eigenvalue weighted by molar-refractivity contribution is -0.119. The fourth-order valence-corrected chi connectivity index (χ4v) is 5.46. The van der Waals surface area contributed by atoms with Gasteiger partial charge in [-0.25, -0.2) is 0 Å². The first-order chi connectivity index (χ1) is 10.4. The van der Waals surface area contributed by atoms with Crippen LogP contribution in [0.3, 0.4) is 0 Å². The monoisotopic (exact) mass is 389 g/mol. The van der Waals surface area contributed by atoms with Crippen LogP contribution in [0.1, 0.15) is 32.3 Å². The highest BCUT2D eigenvalue weighted by atomic mass is 79.9. The van der Waals surface area contributed by atoms with E-state index in [0.29, 0.717) is 0 Å². The third-order valence-electron chi connectivity index (χ3n) is 3.73. The maximum atomic E-state index is 13.1. The zero-order chi connectivity index (χ0) is 16.3. The molecule has 0 bridgehead atoms. The average molecular weight is 390 g/mol. The fraction of sp³-hybridized carbons (Fsp3) is 0.533. The van der Waals surface area contributed by atoms with Gasteiger partial charge in [-0.1, -0.05) is 28.1 Å². The molecule has 1 aliphatic heterocycles. The summed E-state index contributed by atoms with van der Waals surface area (Å²) in [7, 11) is -3.52. The Labute approximate surface area is 139 Å². The number of carbonyl (C=O) groups excluding carboxylic acids is 1. The zero-order valence-corrected chi connectivity index (χ0v) is 15.4. The van der Waals surface area contributed by atoms with Crippen molar-refractivity contribution in [2.45, 2.75) is 38.4 Å². The largest absolute Gasteiger partial charge is 0.352 e. The van der Waals surface area contributed by atoms with Crippen LogP contribution in [0, 0.1) is 0 Å². The molecular weight excluding hydrogens is 369 g/mol. The van der Waals surface area contributed by atoms with Crippen molar-refractivity contribution in [1.29, 1.82) is 0 Å². The van der Waals surface area contributed by atoms with Gasteiger partial charge in [0, 0.05) is 16.4 Å². The van der Waals surface area contributed by atoms with Crippen molar-refractivity contribution in [3.05, 3.63) is 34.3 Å². The third kappa shape index (κ3) is 3.46. The summed E-state index contributed by atoms with van der Waals surface area (Å²) in [5.74, 6) is -0.518. The van der Waals surface area contributed by atoms with Gasteiger partial charge in [0.1, 0.15) is 5.66 Å². The second-order valence-electron chi connectivity index (χ2n) is 5.19. The quantitative estimate of drug-likeness (QED) is 0.753. The van der Waals surface area contributed by atoms with E-state index in [2.05, 4.69) is 21.2 Å². The van der Waals surface area contributed by atoms with Crippen LogP contribution in [0.5, 0.6) is 0 Å². The summed E-state index contributed by atoms with van der Waals surface area (Å²) in [6.07, 6.45) is 0. The number of hydrogen-bond acceptors (Lipinski definition) is 4. The first-order valence-electron chi connectivity index (χ1n) is 7.37. The molecule has 0 radical (unpaired) electrons. The molecule has 1 saturated heterocycles. The Morgan fingerprint density at radius 1 is 1.18 bits per heavy atom. The smallest absolute Gasteiger partial charge is 0.343 e. The van der Waals surface area contributed by atoms with Crippen LogP contribution in [-0.2, 0) is 18.4 Å². The molecule has 0 unspecified atom stereocenters. The Morgan fingerprint density at radius 3 is 2.23 bits per heavy atom. The van der Waals surface area contributed by atoms with Gasteiger partial charge in [-0.2, -0.15) is 0 Å². The number of rotatable bonds is 6. The summed E-state index contributed by atoms with van der Waals surface area (Å²) in [6.45, 7) is 5.88. The SMILES string of the molecule is CCOP(=O)(OCC)[C@@H]1C(=O)N[C@H](C)[C@H]1c1ccc(Br)cc1. The molecule has 3 atom stereocenters. The number of carbonyl (C=O) groups is 1. The molecule has 1 fully saturated rings. The summed E-state index contributed by atoms with van der Waals surface area (Å²) in [6, 6.07) is 7.55. The molecule has 7 heteroatoms. The molecule has 122 valence electrons. The normalized spacial score (nSPS) is 25.3. The van der Waals surface area contributed by atoms with E-state index < -0.39 is 13.3 Å². The molecule has 1 heterocycles. The second kappa shape index (κ2) is 7.26. The highest BCUT2D eigenvalue weighted by molar-refractivity contribution is 9.10. The molecule has 1 aliphatic rings. The van der Waals surface area contributed by atoms with E-state index in [1.165, 1.54) is 0 Å². The number of benzene rings is 1. The molecule has 0 saturated carbocycles. The van der Waals surface area contributed by atoms with E-state index in [4.69, 9.17) is 9.05 Å². The molecule has 1 aromatic rings. The van der Waals surface area contributed by atoms with Gasteiger partial charge in [0.25, 0.3) is 0 Å². The highest BCUT2D eigenvalue weighted by Gasteiger charge is 2.53. The lowest BCUT2D eigenvalue weighted by Gasteiger charge is -2.27. The molecule has 0 spiro atoms. The van der Waals surface area contributed by atoms with E-state index in [9.17, 15) is 9.36 Å². The molecule has 1 aromatic carbocycles. The number of halogens is 1. The highest BCUT2D eigenvalue weighted by Crippen LogP contribution is 2.59. The minimum absolute atomic E-state index is 0.132. The standard InChI is InChI=1S/C15H21BrNO4P/c1-4-20-22(19,21-5-2)14-13(10(3)17-15(14)18)11-6-8-12(16)9-7-11/h6-10,13-14H,4-5H2,1-3H3,(H,17,18)/t10-,13+,14+/m1/s1. The first kappa shape index (κ1) is 17.7. The van der Waals surface area contributed by atoms with E-state index >= 15 is 0 Å². The maximum absolute atomic E-state index is 13.1. The Bertz CT molecular complexity index is 567. The van der Waals surface area contributed by atoms with Crippen molar-refractivity contribution in [3.63, 3.8) is 0 Å². The van der Waals surface area contributed by atoms with Crippen LogP contribution in [0.15, 0.2) is 28.7 Å². The summed E-state index contributed by atoms with van der Waals surface area (Å²) in [4.78, 5) is 12.4. The van der Waals surface area contributed by atoms with Crippen LogP contribution < -0.4 is 5.32 Å². The molecule has 1 N–H and O–H groups in total. The molecule has 1 amide bonds. The number of hydrogen-bond donors (Lipinski definition) is 1. The van der Waals surface area contributed by atoms with Crippen molar-refractivity contribution < 1.29 is 18.4 Å². The van der Waals surface area contributed by atoms with Gasteiger partial charge in [0.2, 0.25) is 5.91 Å². The van der Waals surface area contributed by atoms with E-state index in [1.807, 2.05) is 31.2 Å². The van der Waals surface area contributed by atoms with Crippen LogP contribution in [0.25, 0.3) is 0 Å². The lowest BCUT2D eigenvalue weighted by Crippen LogP contribution is -2.27. The van der Waals surface area contributed by atoms with E-state index in [-0.39, 0.29) is 31.1 Å². The number of amides is 1. The lowest BCUT2D eigenvalue weighted by atomic mass is 9.92. The van der Waals surface area contributed by atoms with Crippen molar-refractivity contribution in [3.8, 4) is 0 Å². The summed E-state index contributed by atoms with van der Waals surface area (Å²) in [5.41, 5.74) is 0.127. The van der Waals surface area contributed by atoms with Crippen LogP contribution in [0.4, 0.5) is 0 Å². The predicted octanol–water partition coefficient (Wildman–Crippen LogP) is 3.69. The Balaban J connectivity index is 2.43. The van der Waals surface area contributed by atoms with Crippen LogP contribution in [0.2, 0.25) is 0 Å². The van der Waals surface area contributed by atoms with Gasteiger partial charge in [0.05, 0.1) is 13.2 Å². The van der Waals surface area contributed by atoms with Gasteiger partial charge in [-0.15, -0.1) is 0 Å². The molecular formula is C15H21BrNO4P. The molecule has 5 nitrogen and oxygen atoms in total. The van der Waals surface area contributed by atoms with Gasteiger partial charge in [-0.3, -0.25) is 9.36 Å². The zero-order valence-electron chi connectivity index (χ0n) is 12.9. The molecule has 0 aliphatic carbocycles. The molecule has 2 rings (SSSR count). The van der Waals surface area contributed by atoms with Gasteiger partial charge in [-0.05, 0) is 38.5 Å². The summed E-state index contributed by atoms with van der Waals surface area (Å²) in [5, 5.41) is 2.87. The first-order valence-corrected chi connectivity index (χ1v) is 9.78. The Hall–Kier alpha value is -0.680. The van der Waals surface area contributed by atoms with Crippen LogP contribution in [-0.4, -0.2) is 30.8 Å². The van der Waals surface area contributed by atoms with Crippen molar-refractivity contribution in [2.75, 3.05) is 13.2 Å². The fourth-order valence-electron chi connectivity index (χ4n) is 2.89. The van der Waals surface area contributed by atoms with Crippen molar-refractivity contribution >= 4 is 29.4 Å². The minimum Gasteiger partial charge on any atom is -0.352 e. The maximum Gasteiger partial charge on any atom is 0.343 e. The average Bonchev–Trinajstić information content (AvgIpc) is 2.75. The molecule has 22 heavy (non-hydrogen) atoms. The predicted molar refractivity (Wildman–Crippen MR) is 89.1 cm³/mol. The van der Waals surface area contributed by atoms with Crippen LogP contribution >= 0.6 is 23.5 Å². The van der Waals surface area contributed by atoms with Gasteiger partial charge < -0.3 is 14.4 Å². The summed E-state index contributed by atoms with van der Waals surface area (Å²) < 4.78 is 24.9. The van der Waals surface area contributed by atoms with Gasteiger partial charge in [0.15, 0.2) is 0 Å². The van der Waals surface area contributed by atoms with E-state index in [0.717, 1.165) is 10.0 Å².